The first-order chi connectivity index (χ1) is 18.5. The van der Waals surface area contributed by atoms with Crippen molar-refractivity contribution in [2.24, 2.45) is 5.92 Å². The first-order valence-corrected chi connectivity index (χ1v) is 17.0. The first kappa shape index (κ1) is 29.9. The number of fused-ring (bicyclic) bond motifs is 2. The van der Waals surface area contributed by atoms with Gasteiger partial charge < -0.3 is 23.7 Å². The zero-order valence-electron chi connectivity index (χ0n) is 24.3. The van der Waals surface area contributed by atoms with E-state index in [-0.39, 0.29) is 18.3 Å². The van der Waals surface area contributed by atoms with Crippen molar-refractivity contribution in [3.63, 3.8) is 0 Å². The highest BCUT2D eigenvalue weighted by Gasteiger charge is 2.70. The Bertz CT molecular complexity index is 1090. The summed E-state index contributed by atoms with van der Waals surface area (Å²) in [5, 5.41) is 11.8. The number of hydrogen-bond donors (Lipinski definition) is 1. The summed E-state index contributed by atoms with van der Waals surface area (Å²) in [4.78, 5) is 14.0. The number of cyclic esters (lactones) is 1. The van der Waals surface area contributed by atoms with Crippen LogP contribution in [0.5, 0.6) is 0 Å². The Balaban J connectivity index is 1.84. The Morgan fingerprint density at radius 2 is 1.79 bits per heavy atom. The van der Waals surface area contributed by atoms with E-state index in [1.165, 1.54) is 6.08 Å². The van der Waals surface area contributed by atoms with Gasteiger partial charge in [0.2, 0.25) is 5.79 Å². The van der Waals surface area contributed by atoms with Crippen LogP contribution in [0, 0.1) is 5.92 Å². The Kier molecular flexibility index (Phi) is 8.51. The summed E-state index contributed by atoms with van der Waals surface area (Å²) >= 11 is 0. The van der Waals surface area contributed by atoms with Crippen LogP contribution < -0.4 is 0 Å². The predicted octanol–water partition coefficient (Wildman–Crippen LogP) is 6.61. The fourth-order valence-corrected chi connectivity index (χ4v) is 9.99. The molecule has 1 aromatic carbocycles. The number of allylic oxidation sites excluding steroid dienone is 2. The van der Waals surface area contributed by atoms with Crippen LogP contribution in [0.15, 0.2) is 67.3 Å². The van der Waals surface area contributed by atoms with Crippen molar-refractivity contribution < 1.29 is 28.5 Å². The molecule has 2 saturated heterocycles. The molecule has 0 amide bonds. The lowest BCUT2D eigenvalue weighted by Gasteiger charge is -2.45. The normalized spacial score (nSPS) is 33.5. The Labute approximate surface area is 235 Å². The molecule has 0 saturated carbocycles. The molecular weight excluding hydrogens is 508 g/mol. The van der Waals surface area contributed by atoms with Crippen molar-refractivity contribution in [1.82, 2.24) is 0 Å². The van der Waals surface area contributed by atoms with E-state index in [4.69, 9.17) is 18.6 Å². The van der Waals surface area contributed by atoms with Gasteiger partial charge in [0.25, 0.3) is 0 Å². The third-order valence-corrected chi connectivity index (χ3v) is 14.1. The Hall–Kier alpha value is -2.03. The summed E-state index contributed by atoms with van der Waals surface area (Å²) < 4.78 is 26.4. The van der Waals surface area contributed by atoms with Crippen LogP contribution in [0.1, 0.15) is 65.9 Å². The van der Waals surface area contributed by atoms with Gasteiger partial charge in [0.05, 0.1) is 12.2 Å². The van der Waals surface area contributed by atoms with Crippen LogP contribution in [-0.2, 0) is 30.0 Å². The highest BCUT2D eigenvalue weighted by molar-refractivity contribution is 6.73. The van der Waals surface area contributed by atoms with Crippen molar-refractivity contribution in [3.05, 3.63) is 72.9 Å². The molecule has 0 spiro atoms. The fraction of sp³-hybridized carbons (Fsp3) is 0.594. The zero-order chi connectivity index (χ0) is 28.5. The minimum Gasteiger partial charge on any atom is -0.457 e. The van der Waals surface area contributed by atoms with Crippen LogP contribution >= 0.6 is 0 Å². The van der Waals surface area contributed by atoms with Crippen LogP contribution in [0.4, 0.5) is 0 Å². The van der Waals surface area contributed by atoms with Gasteiger partial charge in [-0.15, -0.1) is 6.58 Å². The van der Waals surface area contributed by atoms with Crippen LogP contribution in [0.25, 0.3) is 0 Å². The number of rotatable bonds is 12. The Morgan fingerprint density at radius 3 is 2.38 bits per heavy atom. The third-order valence-electron chi connectivity index (χ3n) is 9.40. The summed E-state index contributed by atoms with van der Waals surface area (Å²) in [6.45, 7) is 18.6. The molecule has 1 N–H and O–H groups in total. The van der Waals surface area contributed by atoms with Crippen molar-refractivity contribution in [2.45, 2.75) is 114 Å². The molecule has 0 bridgehead atoms. The van der Waals surface area contributed by atoms with E-state index >= 15 is 0 Å². The molecule has 1 unspecified atom stereocenters. The summed E-state index contributed by atoms with van der Waals surface area (Å²) in [5.74, 6) is -2.29. The van der Waals surface area contributed by atoms with Gasteiger partial charge >= 0.3 is 5.97 Å². The van der Waals surface area contributed by atoms with Crippen molar-refractivity contribution in [2.75, 3.05) is 0 Å². The molecule has 2 heterocycles. The average molecular weight is 555 g/mol. The van der Waals surface area contributed by atoms with Crippen LogP contribution in [0.2, 0.25) is 18.1 Å². The fourth-order valence-electron chi connectivity index (χ4n) is 6.99. The molecule has 214 valence electrons. The molecule has 39 heavy (non-hydrogen) atoms. The quantitative estimate of drug-likeness (QED) is 0.178. The van der Waals surface area contributed by atoms with Gasteiger partial charge in [-0.1, -0.05) is 69.8 Å². The van der Waals surface area contributed by atoms with Crippen molar-refractivity contribution >= 4 is 14.3 Å². The SMILES string of the molecule is C=CCC[C@]12C[C@]3(O[Si](CC)(CC)CC)C(=O)OC(C)(C)[C@@H]3CC=C1[C@H](OCc1ccccc1)C(O)(C=C)O2. The summed E-state index contributed by atoms with van der Waals surface area (Å²) in [6.07, 6.45) is 6.56. The van der Waals surface area contributed by atoms with Crippen molar-refractivity contribution in [1.29, 1.82) is 0 Å². The van der Waals surface area contributed by atoms with Gasteiger partial charge in [0.1, 0.15) is 11.7 Å². The number of benzene rings is 1. The number of aliphatic hydroxyl groups is 1. The van der Waals surface area contributed by atoms with Crippen LogP contribution in [0.3, 0.4) is 0 Å². The predicted molar refractivity (Wildman–Crippen MR) is 155 cm³/mol. The maximum Gasteiger partial charge on any atom is 0.338 e. The molecule has 2 aliphatic heterocycles. The number of carbonyl (C=O) groups excluding carboxylic acids is 1. The molecule has 5 atom stereocenters. The molecular formula is C32H46O6Si. The topological polar surface area (TPSA) is 74.2 Å². The second-order valence-corrected chi connectivity index (χ2v) is 16.6. The molecule has 2 fully saturated rings. The number of carbonyl (C=O) groups is 1. The second-order valence-electron chi connectivity index (χ2n) is 11.9. The summed E-state index contributed by atoms with van der Waals surface area (Å²) in [6, 6.07) is 12.6. The maximum absolute atomic E-state index is 14.0. The second kappa shape index (κ2) is 11.1. The van der Waals surface area contributed by atoms with Gasteiger partial charge in [0.15, 0.2) is 13.9 Å². The molecule has 6 nitrogen and oxygen atoms in total. The summed E-state index contributed by atoms with van der Waals surface area (Å²) in [7, 11) is -2.27. The van der Waals surface area contributed by atoms with E-state index in [9.17, 15) is 9.90 Å². The highest BCUT2D eigenvalue weighted by Crippen LogP contribution is 2.59. The van der Waals surface area contributed by atoms with E-state index in [0.29, 0.717) is 25.9 Å². The van der Waals surface area contributed by atoms with Gasteiger partial charge in [-0.3, -0.25) is 0 Å². The van der Waals surface area contributed by atoms with E-state index in [2.05, 4.69) is 40.0 Å². The molecule has 7 heteroatoms. The molecule has 1 aromatic rings. The van der Waals surface area contributed by atoms with E-state index in [1.54, 1.807) is 0 Å². The maximum atomic E-state index is 14.0. The number of ether oxygens (including phenoxy) is 3. The minimum atomic E-state index is -2.27. The molecule has 4 rings (SSSR count). The first-order valence-electron chi connectivity index (χ1n) is 14.5. The standard InChI is InChI=1S/C32H46O6Si/c1-8-13-21-30-23-31(38-39(10-3,11-4)12-5)26(29(6,7)36-28(31)33)20-19-25(30)27(32(34,9-2)37-30)35-22-24-17-15-14-16-18-24/h8-9,14-19,26-27,34H,1-2,10-13,20-23H2,3-7H3/t26-,27-,30-,31+,32?/m0/s1. The smallest absolute Gasteiger partial charge is 0.338 e. The lowest BCUT2D eigenvalue weighted by Crippen LogP contribution is -2.57. The van der Waals surface area contributed by atoms with E-state index in [0.717, 1.165) is 29.3 Å². The van der Waals surface area contributed by atoms with Gasteiger partial charge in [-0.2, -0.15) is 0 Å². The monoisotopic (exact) mass is 554 g/mol. The zero-order valence-corrected chi connectivity index (χ0v) is 25.3. The number of hydrogen-bond acceptors (Lipinski definition) is 6. The highest BCUT2D eigenvalue weighted by atomic mass is 28.4. The van der Waals surface area contributed by atoms with Gasteiger partial charge in [-0.25, -0.2) is 4.79 Å². The lowest BCUT2D eigenvalue weighted by atomic mass is 9.73. The largest absolute Gasteiger partial charge is 0.457 e. The number of esters is 1. The summed E-state index contributed by atoms with van der Waals surface area (Å²) in [5.41, 5.74) is -1.07. The lowest BCUT2D eigenvalue weighted by molar-refractivity contribution is -0.236. The van der Waals surface area contributed by atoms with Crippen molar-refractivity contribution in [3.8, 4) is 0 Å². The van der Waals surface area contributed by atoms with E-state index in [1.807, 2.05) is 50.3 Å². The van der Waals surface area contributed by atoms with Crippen LogP contribution in [-0.4, -0.2) is 48.1 Å². The average Bonchev–Trinajstić information content (AvgIpc) is 3.19. The molecule has 0 radical (unpaired) electrons. The van der Waals surface area contributed by atoms with E-state index < -0.39 is 37.0 Å². The van der Waals surface area contributed by atoms with Gasteiger partial charge in [-0.05, 0) is 68.5 Å². The molecule has 1 aliphatic carbocycles. The van der Waals surface area contributed by atoms with Gasteiger partial charge in [0, 0.05) is 12.3 Å². The minimum absolute atomic E-state index is 0.206. The molecule has 3 aliphatic rings. The Morgan fingerprint density at radius 1 is 1.13 bits per heavy atom. The third kappa shape index (κ3) is 5.13. The molecule has 0 aromatic heterocycles.